The van der Waals surface area contributed by atoms with Crippen molar-refractivity contribution in [3.05, 3.63) is 0 Å². The number of esters is 1. The van der Waals surface area contributed by atoms with Crippen LogP contribution in [-0.4, -0.2) is 33.5 Å². The quantitative estimate of drug-likeness (QED) is 0.457. The van der Waals surface area contributed by atoms with Gasteiger partial charge in [0.25, 0.3) is 0 Å². The summed E-state index contributed by atoms with van der Waals surface area (Å²) in [6, 6.07) is 0. The predicted molar refractivity (Wildman–Crippen MR) is 132 cm³/mol. The van der Waals surface area contributed by atoms with Crippen LogP contribution < -0.4 is 0 Å². The molecule has 9 atom stereocenters. The van der Waals surface area contributed by atoms with Crippen LogP contribution in [0.25, 0.3) is 0 Å². The standard InChI is InChI=1S/C29H50O4/c1-19(8-7-14-26(3,4)31)23-9-10-24-22-12-17-29(32)18-21(33-20(2)30)11-16-28(29,6)25(22)13-15-27(23,24)5/h19,21-25,31-32H,7-18H2,1-6H3/t19-,21+,22+,23-,24+,25+,27-,28-,29-/m1/s1. The van der Waals surface area contributed by atoms with E-state index in [1.54, 1.807) is 0 Å². The Morgan fingerprint density at radius 1 is 1.06 bits per heavy atom. The van der Waals surface area contributed by atoms with Gasteiger partial charge in [-0.15, -0.1) is 0 Å². The fourth-order valence-electron chi connectivity index (χ4n) is 9.58. The molecule has 0 aromatic rings. The molecule has 4 heteroatoms. The molecule has 4 saturated carbocycles. The maximum absolute atomic E-state index is 11.9. The van der Waals surface area contributed by atoms with Gasteiger partial charge in [0.05, 0.1) is 11.2 Å². The van der Waals surface area contributed by atoms with E-state index in [2.05, 4.69) is 20.8 Å². The lowest BCUT2D eigenvalue weighted by atomic mass is 9.43. The van der Waals surface area contributed by atoms with Crippen molar-refractivity contribution in [3.63, 3.8) is 0 Å². The summed E-state index contributed by atoms with van der Waals surface area (Å²) in [5.74, 6) is 3.39. The molecule has 0 unspecified atom stereocenters. The number of ether oxygens (including phenoxy) is 1. The number of carbonyl (C=O) groups excluding carboxylic acids is 1. The minimum absolute atomic E-state index is 0.0513. The Balaban J connectivity index is 1.46. The molecule has 0 spiro atoms. The summed E-state index contributed by atoms with van der Waals surface area (Å²) in [6.45, 7) is 12.8. The van der Waals surface area contributed by atoms with Gasteiger partial charge in [-0.1, -0.05) is 33.6 Å². The van der Waals surface area contributed by atoms with Crippen LogP contribution in [-0.2, 0) is 9.53 Å². The van der Waals surface area contributed by atoms with Gasteiger partial charge in [0.2, 0.25) is 0 Å². The first-order valence-electron chi connectivity index (χ1n) is 13.9. The molecule has 4 fully saturated rings. The van der Waals surface area contributed by atoms with Gasteiger partial charge < -0.3 is 14.9 Å². The molecule has 190 valence electrons. The molecule has 2 N–H and O–H groups in total. The second-order valence-corrected chi connectivity index (χ2v) is 13.7. The zero-order valence-corrected chi connectivity index (χ0v) is 22.2. The number of fused-ring (bicyclic) bond motifs is 5. The molecule has 33 heavy (non-hydrogen) atoms. The van der Waals surface area contributed by atoms with E-state index in [1.165, 1.54) is 39.0 Å². The molecule has 4 nitrogen and oxygen atoms in total. The maximum Gasteiger partial charge on any atom is 0.302 e. The first kappa shape index (κ1) is 25.5. The molecule has 0 radical (unpaired) electrons. The van der Waals surface area contributed by atoms with Crippen molar-refractivity contribution >= 4 is 5.97 Å². The fourth-order valence-corrected chi connectivity index (χ4v) is 9.58. The molecular weight excluding hydrogens is 412 g/mol. The monoisotopic (exact) mass is 462 g/mol. The number of aliphatic hydroxyl groups is 2. The third-order valence-electron chi connectivity index (χ3n) is 11.3. The van der Waals surface area contributed by atoms with Crippen LogP contribution in [0, 0.1) is 40.4 Å². The van der Waals surface area contributed by atoms with Crippen molar-refractivity contribution in [1.82, 2.24) is 0 Å². The third-order valence-corrected chi connectivity index (χ3v) is 11.3. The van der Waals surface area contributed by atoms with Crippen LogP contribution in [0.3, 0.4) is 0 Å². The van der Waals surface area contributed by atoms with Crippen LogP contribution in [0.15, 0.2) is 0 Å². The van der Waals surface area contributed by atoms with E-state index in [1.807, 2.05) is 13.8 Å². The summed E-state index contributed by atoms with van der Waals surface area (Å²) in [7, 11) is 0. The zero-order valence-electron chi connectivity index (χ0n) is 22.2. The van der Waals surface area contributed by atoms with Crippen molar-refractivity contribution in [3.8, 4) is 0 Å². The van der Waals surface area contributed by atoms with E-state index in [0.29, 0.717) is 23.7 Å². The Morgan fingerprint density at radius 3 is 2.45 bits per heavy atom. The van der Waals surface area contributed by atoms with Crippen molar-refractivity contribution in [1.29, 1.82) is 0 Å². The number of carbonyl (C=O) groups is 1. The van der Waals surface area contributed by atoms with Gasteiger partial charge in [-0.3, -0.25) is 4.79 Å². The number of hydrogen-bond donors (Lipinski definition) is 2. The van der Waals surface area contributed by atoms with Gasteiger partial charge in [-0.2, -0.15) is 0 Å². The van der Waals surface area contributed by atoms with Crippen molar-refractivity contribution in [2.45, 2.75) is 136 Å². The van der Waals surface area contributed by atoms with Gasteiger partial charge >= 0.3 is 5.97 Å². The van der Waals surface area contributed by atoms with E-state index < -0.39 is 11.2 Å². The van der Waals surface area contributed by atoms with Crippen LogP contribution >= 0.6 is 0 Å². The second-order valence-electron chi connectivity index (χ2n) is 13.7. The molecule has 0 aromatic carbocycles. The zero-order chi connectivity index (χ0) is 24.2. The first-order chi connectivity index (χ1) is 15.3. The Morgan fingerprint density at radius 2 is 1.79 bits per heavy atom. The molecule has 0 aromatic heterocycles. The Bertz CT molecular complexity index is 728. The average molecular weight is 463 g/mol. The smallest absolute Gasteiger partial charge is 0.302 e. The lowest BCUT2D eigenvalue weighted by Crippen LogP contribution is -2.63. The van der Waals surface area contributed by atoms with Gasteiger partial charge in [-0.05, 0) is 112 Å². The highest BCUT2D eigenvalue weighted by molar-refractivity contribution is 5.66. The minimum atomic E-state index is -0.692. The molecule has 0 saturated heterocycles. The Labute approximate surface area is 202 Å². The lowest BCUT2D eigenvalue weighted by molar-refractivity contribution is -0.224. The number of hydrogen-bond acceptors (Lipinski definition) is 4. The molecule has 0 bridgehead atoms. The van der Waals surface area contributed by atoms with Crippen LogP contribution in [0.4, 0.5) is 0 Å². The van der Waals surface area contributed by atoms with Crippen molar-refractivity contribution in [2.75, 3.05) is 0 Å². The molecule has 4 rings (SSSR count). The van der Waals surface area contributed by atoms with E-state index in [9.17, 15) is 15.0 Å². The topological polar surface area (TPSA) is 66.8 Å². The summed E-state index contributed by atoms with van der Waals surface area (Å²) in [5.41, 5.74) is -0.869. The van der Waals surface area contributed by atoms with Crippen molar-refractivity contribution < 1.29 is 19.7 Å². The van der Waals surface area contributed by atoms with Crippen LogP contribution in [0.1, 0.15) is 119 Å². The number of rotatable bonds is 6. The van der Waals surface area contributed by atoms with E-state index >= 15 is 0 Å². The maximum atomic E-state index is 11.9. The minimum Gasteiger partial charge on any atom is -0.462 e. The van der Waals surface area contributed by atoms with E-state index in [-0.39, 0.29) is 17.5 Å². The van der Waals surface area contributed by atoms with Crippen LogP contribution in [0.2, 0.25) is 0 Å². The fraction of sp³-hybridized carbons (Fsp3) is 0.966. The van der Waals surface area contributed by atoms with Gasteiger partial charge in [0.15, 0.2) is 0 Å². The van der Waals surface area contributed by atoms with Gasteiger partial charge in [0, 0.05) is 13.3 Å². The SMILES string of the molecule is CC(=O)O[C@H]1CC[C@]2(C)[C@H]3CC[C@]4(C)[C@@H]([C@H](C)CCCC(C)(C)O)CC[C@H]4[C@@H]3CC[C@@]2(O)C1. The highest BCUT2D eigenvalue weighted by Gasteiger charge is 2.65. The largest absolute Gasteiger partial charge is 0.462 e. The van der Waals surface area contributed by atoms with Crippen LogP contribution in [0.5, 0.6) is 0 Å². The van der Waals surface area contributed by atoms with Gasteiger partial charge in [0.1, 0.15) is 6.10 Å². The second kappa shape index (κ2) is 8.80. The van der Waals surface area contributed by atoms with E-state index in [0.717, 1.165) is 56.3 Å². The molecular formula is C29H50O4. The molecule has 0 aliphatic heterocycles. The average Bonchev–Trinajstić information content (AvgIpc) is 3.04. The molecule has 4 aliphatic carbocycles. The predicted octanol–water partition coefficient (Wildman–Crippen LogP) is 6.27. The highest BCUT2D eigenvalue weighted by atomic mass is 16.5. The first-order valence-corrected chi connectivity index (χ1v) is 13.9. The highest BCUT2D eigenvalue weighted by Crippen LogP contribution is 2.69. The Hall–Kier alpha value is -0.610. The molecule has 4 aliphatic rings. The third kappa shape index (κ3) is 4.53. The van der Waals surface area contributed by atoms with E-state index in [4.69, 9.17) is 4.74 Å². The summed E-state index contributed by atoms with van der Waals surface area (Å²) in [4.78, 5) is 11.5. The van der Waals surface area contributed by atoms with Gasteiger partial charge in [-0.25, -0.2) is 0 Å². The summed E-state index contributed by atoms with van der Waals surface area (Å²) >= 11 is 0. The normalized spacial score (nSPS) is 46.1. The van der Waals surface area contributed by atoms with Crippen molar-refractivity contribution in [2.24, 2.45) is 40.4 Å². The molecule has 0 heterocycles. The summed E-state index contributed by atoms with van der Waals surface area (Å²) in [5, 5.41) is 22.0. The summed E-state index contributed by atoms with van der Waals surface area (Å²) in [6.07, 6.45) is 12.8. The summed E-state index contributed by atoms with van der Waals surface area (Å²) < 4.78 is 5.55. The Kier molecular flexibility index (Phi) is 6.80. The lowest BCUT2D eigenvalue weighted by Gasteiger charge is -2.64. The molecule has 0 amide bonds.